The van der Waals surface area contributed by atoms with Crippen LogP contribution in [0.2, 0.25) is 0 Å². The zero-order valence-corrected chi connectivity index (χ0v) is 17.9. The quantitative estimate of drug-likeness (QED) is 0.691. The fourth-order valence-electron chi connectivity index (χ4n) is 3.51. The van der Waals surface area contributed by atoms with Crippen molar-refractivity contribution in [3.05, 3.63) is 65.2 Å². The number of amides is 2. The molecule has 0 aliphatic carbocycles. The van der Waals surface area contributed by atoms with E-state index in [9.17, 15) is 14.4 Å². The van der Waals surface area contributed by atoms with Crippen LogP contribution in [0.25, 0.3) is 0 Å². The molecule has 1 saturated heterocycles. The molecule has 1 aliphatic rings. The summed E-state index contributed by atoms with van der Waals surface area (Å²) in [5.74, 6) is -0.0572. The molecule has 0 unspecified atom stereocenters. The van der Waals surface area contributed by atoms with Crippen LogP contribution in [0.1, 0.15) is 39.1 Å². The standard InChI is InChI=1S/C24H29N3O3/c1-18-4-6-19(7-5-18)22(28)12-13-23(29)26-14-16-27(17-15-26)24(30)20-8-10-21(11-9-20)25(2)3/h4-11H,12-17H2,1-3H3. The molecular formula is C24H29N3O3. The van der Waals surface area contributed by atoms with Crippen molar-refractivity contribution in [3.8, 4) is 0 Å². The third kappa shape index (κ3) is 5.26. The summed E-state index contributed by atoms with van der Waals surface area (Å²) in [6.45, 7) is 3.98. The number of carbonyl (C=O) groups is 3. The summed E-state index contributed by atoms with van der Waals surface area (Å²) in [6, 6.07) is 14.9. The number of benzene rings is 2. The van der Waals surface area contributed by atoms with Gasteiger partial charge in [0, 0.05) is 69.9 Å². The molecule has 30 heavy (non-hydrogen) atoms. The lowest BCUT2D eigenvalue weighted by molar-refractivity contribution is -0.132. The molecule has 158 valence electrons. The van der Waals surface area contributed by atoms with E-state index < -0.39 is 0 Å². The normalized spacial score (nSPS) is 13.8. The molecule has 0 atom stereocenters. The van der Waals surface area contributed by atoms with E-state index in [-0.39, 0.29) is 30.4 Å². The van der Waals surface area contributed by atoms with Gasteiger partial charge < -0.3 is 14.7 Å². The van der Waals surface area contributed by atoms with Crippen molar-refractivity contribution in [1.82, 2.24) is 9.80 Å². The summed E-state index contributed by atoms with van der Waals surface area (Å²) in [4.78, 5) is 43.0. The van der Waals surface area contributed by atoms with E-state index in [1.165, 1.54) is 0 Å². The molecule has 1 fully saturated rings. The highest BCUT2D eigenvalue weighted by Crippen LogP contribution is 2.16. The number of Topliss-reactive ketones (excluding diaryl/α,β-unsaturated/α-hetero) is 1. The van der Waals surface area contributed by atoms with Gasteiger partial charge in [-0.25, -0.2) is 0 Å². The fraction of sp³-hybridized carbons (Fsp3) is 0.375. The van der Waals surface area contributed by atoms with E-state index in [4.69, 9.17) is 0 Å². The molecule has 6 nitrogen and oxygen atoms in total. The molecule has 1 aliphatic heterocycles. The summed E-state index contributed by atoms with van der Waals surface area (Å²) in [5.41, 5.74) is 3.44. The van der Waals surface area contributed by atoms with Crippen molar-refractivity contribution >= 4 is 23.3 Å². The Kier molecular flexibility index (Phi) is 6.87. The van der Waals surface area contributed by atoms with Gasteiger partial charge in [-0.15, -0.1) is 0 Å². The average Bonchev–Trinajstić information content (AvgIpc) is 2.77. The van der Waals surface area contributed by atoms with E-state index in [2.05, 4.69) is 0 Å². The van der Waals surface area contributed by atoms with Crippen molar-refractivity contribution in [1.29, 1.82) is 0 Å². The number of hydrogen-bond acceptors (Lipinski definition) is 4. The zero-order valence-electron chi connectivity index (χ0n) is 17.9. The Morgan fingerprint density at radius 3 is 1.87 bits per heavy atom. The predicted molar refractivity (Wildman–Crippen MR) is 118 cm³/mol. The van der Waals surface area contributed by atoms with Crippen LogP contribution in [0.5, 0.6) is 0 Å². The Bertz CT molecular complexity index is 896. The van der Waals surface area contributed by atoms with Crippen molar-refractivity contribution < 1.29 is 14.4 Å². The van der Waals surface area contributed by atoms with Crippen LogP contribution in [0, 0.1) is 6.92 Å². The maximum atomic E-state index is 12.7. The smallest absolute Gasteiger partial charge is 0.253 e. The average molecular weight is 408 g/mol. The van der Waals surface area contributed by atoms with Gasteiger partial charge in [0.25, 0.3) is 5.91 Å². The lowest BCUT2D eigenvalue weighted by Gasteiger charge is -2.35. The summed E-state index contributed by atoms with van der Waals surface area (Å²) >= 11 is 0. The lowest BCUT2D eigenvalue weighted by Crippen LogP contribution is -2.50. The first kappa shape index (κ1) is 21.6. The molecule has 6 heteroatoms. The van der Waals surface area contributed by atoms with Gasteiger partial charge in [-0.1, -0.05) is 29.8 Å². The number of rotatable bonds is 6. The second kappa shape index (κ2) is 9.57. The summed E-state index contributed by atoms with van der Waals surface area (Å²) in [7, 11) is 3.92. The Hall–Kier alpha value is -3.15. The van der Waals surface area contributed by atoms with Gasteiger partial charge in [-0.05, 0) is 31.2 Å². The number of hydrogen-bond donors (Lipinski definition) is 0. The summed E-state index contributed by atoms with van der Waals surface area (Å²) in [5, 5.41) is 0. The highest BCUT2D eigenvalue weighted by molar-refractivity contribution is 5.98. The van der Waals surface area contributed by atoms with Crippen LogP contribution in [-0.4, -0.2) is 67.7 Å². The van der Waals surface area contributed by atoms with Crippen LogP contribution in [0.15, 0.2) is 48.5 Å². The molecule has 2 amide bonds. The van der Waals surface area contributed by atoms with Gasteiger partial charge in [-0.3, -0.25) is 14.4 Å². The molecule has 1 heterocycles. The van der Waals surface area contributed by atoms with Crippen molar-refractivity contribution in [2.45, 2.75) is 19.8 Å². The maximum absolute atomic E-state index is 12.7. The fourth-order valence-corrected chi connectivity index (χ4v) is 3.51. The molecule has 2 aromatic rings. The van der Waals surface area contributed by atoms with E-state index >= 15 is 0 Å². The van der Waals surface area contributed by atoms with Crippen molar-refractivity contribution in [2.24, 2.45) is 0 Å². The van der Waals surface area contributed by atoms with E-state index in [1.807, 2.05) is 62.3 Å². The minimum atomic E-state index is -0.0297. The number of ketones is 1. The topological polar surface area (TPSA) is 60.9 Å². The van der Waals surface area contributed by atoms with Crippen LogP contribution in [0.3, 0.4) is 0 Å². The highest BCUT2D eigenvalue weighted by atomic mass is 16.2. The largest absolute Gasteiger partial charge is 0.378 e. The monoisotopic (exact) mass is 407 g/mol. The van der Waals surface area contributed by atoms with Crippen molar-refractivity contribution in [2.75, 3.05) is 45.2 Å². The molecule has 0 saturated carbocycles. The first-order valence-electron chi connectivity index (χ1n) is 10.3. The molecular weight excluding hydrogens is 378 g/mol. The van der Waals surface area contributed by atoms with Crippen LogP contribution in [-0.2, 0) is 4.79 Å². The first-order chi connectivity index (χ1) is 14.3. The van der Waals surface area contributed by atoms with E-state index in [0.29, 0.717) is 37.3 Å². The Morgan fingerprint density at radius 1 is 0.767 bits per heavy atom. The van der Waals surface area contributed by atoms with E-state index in [0.717, 1.165) is 11.3 Å². The summed E-state index contributed by atoms with van der Waals surface area (Å²) in [6.07, 6.45) is 0.409. The van der Waals surface area contributed by atoms with Crippen LogP contribution < -0.4 is 4.90 Å². The van der Waals surface area contributed by atoms with Crippen LogP contribution >= 0.6 is 0 Å². The van der Waals surface area contributed by atoms with Gasteiger partial charge in [0.15, 0.2) is 5.78 Å². The molecule has 0 radical (unpaired) electrons. The third-order valence-electron chi connectivity index (χ3n) is 5.49. The molecule has 0 aromatic heterocycles. The minimum absolute atomic E-state index is 0.0121. The number of carbonyl (C=O) groups excluding carboxylic acids is 3. The van der Waals surface area contributed by atoms with Gasteiger partial charge in [0.2, 0.25) is 5.91 Å². The van der Waals surface area contributed by atoms with Gasteiger partial charge >= 0.3 is 0 Å². The third-order valence-corrected chi connectivity index (χ3v) is 5.49. The highest BCUT2D eigenvalue weighted by Gasteiger charge is 2.25. The molecule has 0 spiro atoms. The number of anilines is 1. The van der Waals surface area contributed by atoms with Crippen molar-refractivity contribution in [3.63, 3.8) is 0 Å². The second-order valence-corrected chi connectivity index (χ2v) is 7.90. The Morgan fingerprint density at radius 2 is 1.30 bits per heavy atom. The summed E-state index contributed by atoms with van der Waals surface area (Å²) < 4.78 is 0. The Labute approximate surface area is 178 Å². The van der Waals surface area contributed by atoms with Gasteiger partial charge in [0.1, 0.15) is 0 Å². The zero-order chi connectivity index (χ0) is 21.7. The lowest BCUT2D eigenvalue weighted by atomic mass is 10.0. The molecule has 3 rings (SSSR count). The molecule has 0 N–H and O–H groups in total. The minimum Gasteiger partial charge on any atom is -0.378 e. The van der Waals surface area contributed by atoms with E-state index in [1.54, 1.807) is 21.9 Å². The SMILES string of the molecule is Cc1ccc(C(=O)CCC(=O)N2CCN(C(=O)c3ccc(N(C)C)cc3)CC2)cc1. The van der Waals surface area contributed by atoms with Gasteiger partial charge in [0.05, 0.1) is 0 Å². The number of piperazine rings is 1. The number of aryl methyl sites for hydroxylation is 1. The van der Waals surface area contributed by atoms with Gasteiger partial charge in [-0.2, -0.15) is 0 Å². The predicted octanol–water partition coefficient (Wildman–Crippen LogP) is 3.01. The second-order valence-electron chi connectivity index (χ2n) is 7.90. The molecule has 0 bridgehead atoms. The van der Waals surface area contributed by atoms with Crippen LogP contribution in [0.4, 0.5) is 5.69 Å². The number of nitrogens with zero attached hydrogens (tertiary/aromatic N) is 3. The Balaban J connectivity index is 1.47. The maximum Gasteiger partial charge on any atom is 0.253 e. The molecule has 2 aromatic carbocycles. The first-order valence-corrected chi connectivity index (χ1v) is 10.3.